The molecule has 1 aromatic heterocycles. The van der Waals surface area contributed by atoms with Crippen molar-refractivity contribution in [1.82, 2.24) is 20.4 Å². The van der Waals surface area contributed by atoms with Crippen LogP contribution in [0.4, 0.5) is 13.2 Å². The molecular weight excluding hydrogens is 249 g/mol. The average molecular weight is 262 g/mol. The molecule has 0 fully saturated rings. The Morgan fingerprint density at radius 1 is 1.61 bits per heavy atom. The van der Waals surface area contributed by atoms with E-state index in [-0.39, 0.29) is 5.56 Å². The summed E-state index contributed by atoms with van der Waals surface area (Å²) >= 11 is 0. The normalized spacial score (nSPS) is 17.1. The van der Waals surface area contributed by atoms with E-state index in [9.17, 15) is 18.0 Å². The molecule has 1 aliphatic heterocycles. The fraction of sp³-hybridized carbons (Fsp3) is 0.600. The number of nitrogens with zero attached hydrogens (tertiary/aromatic N) is 2. The van der Waals surface area contributed by atoms with Crippen LogP contribution in [0.15, 0.2) is 6.20 Å². The molecule has 2 N–H and O–H groups in total. The third-order valence-electron chi connectivity index (χ3n) is 2.82. The highest BCUT2D eigenvalue weighted by Crippen LogP contribution is 2.20. The Morgan fingerprint density at radius 2 is 2.33 bits per heavy atom. The number of halogens is 3. The molecule has 18 heavy (non-hydrogen) atoms. The Kier molecular flexibility index (Phi) is 3.29. The van der Waals surface area contributed by atoms with Crippen LogP contribution < -0.4 is 10.6 Å². The van der Waals surface area contributed by atoms with Crippen LogP contribution in [0, 0.1) is 0 Å². The topological polar surface area (TPSA) is 59.0 Å². The van der Waals surface area contributed by atoms with Crippen LogP contribution in [0.5, 0.6) is 0 Å². The molecular formula is C10H13F3N4O. The molecule has 0 saturated carbocycles. The van der Waals surface area contributed by atoms with E-state index in [0.29, 0.717) is 18.8 Å². The Hall–Kier alpha value is -1.57. The molecule has 2 rings (SSSR count). The van der Waals surface area contributed by atoms with Crippen LogP contribution >= 0.6 is 0 Å². The Bertz CT molecular complexity index is 454. The van der Waals surface area contributed by atoms with Crippen molar-refractivity contribution in [2.75, 3.05) is 6.54 Å². The van der Waals surface area contributed by atoms with Crippen LogP contribution in [0.2, 0.25) is 0 Å². The summed E-state index contributed by atoms with van der Waals surface area (Å²) in [5.41, 5.74) is 0.812. The van der Waals surface area contributed by atoms with E-state index < -0.39 is 18.1 Å². The van der Waals surface area contributed by atoms with Gasteiger partial charge in [-0.2, -0.15) is 18.3 Å². The number of fused-ring (bicyclic) bond motifs is 1. The molecule has 100 valence electrons. The minimum atomic E-state index is -4.44. The molecule has 0 aromatic carbocycles. The van der Waals surface area contributed by atoms with Gasteiger partial charge in [0.2, 0.25) is 0 Å². The zero-order valence-electron chi connectivity index (χ0n) is 9.71. The zero-order chi connectivity index (χ0) is 13.3. The van der Waals surface area contributed by atoms with E-state index >= 15 is 0 Å². The molecule has 2 heterocycles. The van der Waals surface area contributed by atoms with E-state index in [1.807, 2.05) is 5.32 Å². The van der Waals surface area contributed by atoms with Crippen molar-refractivity contribution in [3.05, 3.63) is 17.5 Å². The molecule has 1 aromatic rings. The summed E-state index contributed by atoms with van der Waals surface area (Å²) in [6.07, 6.45) is -3.14. The van der Waals surface area contributed by atoms with Gasteiger partial charge in [-0.25, -0.2) is 0 Å². The number of aromatic nitrogens is 2. The van der Waals surface area contributed by atoms with E-state index in [2.05, 4.69) is 10.4 Å². The fourth-order valence-electron chi connectivity index (χ4n) is 1.73. The number of hydrogen-bond donors (Lipinski definition) is 2. The Morgan fingerprint density at radius 3 is 3.00 bits per heavy atom. The summed E-state index contributed by atoms with van der Waals surface area (Å²) in [4.78, 5) is 11.7. The number of nitrogens with one attached hydrogen (secondary N) is 2. The summed E-state index contributed by atoms with van der Waals surface area (Å²) in [5, 5.41) is 8.95. The molecule has 0 aliphatic carbocycles. The van der Waals surface area contributed by atoms with Gasteiger partial charge in [0.25, 0.3) is 5.91 Å². The third kappa shape index (κ3) is 2.47. The van der Waals surface area contributed by atoms with Gasteiger partial charge in [-0.1, -0.05) is 0 Å². The van der Waals surface area contributed by atoms with Crippen LogP contribution in [-0.2, 0) is 13.1 Å². The van der Waals surface area contributed by atoms with Gasteiger partial charge in [-0.05, 0) is 6.92 Å². The second-order valence-corrected chi connectivity index (χ2v) is 4.14. The van der Waals surface area contributed by atoms with Gasteiger partial charge in [0, 0.05) is 13.1 Å². The molecule has 0 bridgehead atoms. The summed E-state index contributed by atoms with van der Waals surface area (Å²) in [6, 6.07) is -1.88. The van der Waals surface area contributed by atoms with Gasteiger partial charge in [0.1, 0.15) is 6.04 Å². The van der Waals surface area contributed by atoms with Crippen molar-refractivity contribution in [3.63, 3.8) is 0 Å². The summed E-state index contributed by atoms with van der Waals surface area (Å²) in [7, 11) is 0. The van der Waals surface area contributed by atoms with Crippen LogP contribution in [0.1, 0.15) is 23.0 Å². The van der Waals surface area contributed by atoms with Crippen molar-refractivity contribution in [3.8, 4) is 0 Å². The Balaban J connectivity index is 2.12. The number of carbonyl (C=O) groups is 1. The Labute approximate surface area is 101 Å². The van der Waals surface area contributed by atoms with E-state index in [0.717, 1.165) is 13.5 Å². The van der Waals surface area contributed by atoms with Gasteiger partial charge in [0.05, 0.1) is 24.0 Å². The number of rotatable bonds is 2. The SMILES string of the molecule is C[C@@H](NC(=O)c1cnn2c1CNCC2)C(F)(F)F. The minimum Gasteiger partial charge on any atom is -0.340 e. The van der Waals surface area contributed by atoms with Gasteiger partial charge in [0.15, 0.2) is 0 Å². The molecule has 5 nitrogen and oxygen atoms in total. The summed E-state index contributed by atoms with van der Waals surface area (Å²) < 4.78 is 38.7. The zero-order valence-corrected chi connectivity index (χ0v) is 9.71. The van der Waals surface area contributed by atoms with Crippen molar-refractivity contribution >= 4 is 5.91 Å². The smallest absolute Gasteiger partial charge is 0.340 e. The first-order chi connectivity index (χ1) is 8.39. The van der Waals surface area contributed by atoms with Crippen molar-refractivity contribution in [2.45, 2.75) is 32.2 Å². The number of hydrogen-bond acceptors (Lipinski definition) is 3. The molecule has 1 atom stereocenters. The van der Waals surface area contributed by atoms with Crippen LogP contribution in [0.3, 0.4) is 0 Å². The fourth-order valence-corrected chi connectivity index (χ4v) is 1.73. The highest BCUT2D eigenvalue weighted by atomic mass is 19.4. The summed E-state index contributed by atoms with van der Waals surface area (Å²) in [5.74, 6) is -0.746. The molecule has 0 spiro atoms. The predicted octanol–water partition coefficient (Wildman–Crippen LogP) is 0.667. The van der Waals surface area contributed by atoms with Crippen molar-refractivity contribution < 1.29 is 18.0 Å². The van der Waals surface area contributed by atoms with Gasteiger partial charge < -0.3 is 10.6 Å². The van der Waals surface area contributed by atoms with Crippen molar-refractivity contribution in [2.24, 2.45) is 0 Å². The monoisotopic (exact) mass is 262 g/mol. The number of carbonyl (C=O) groups excluding carboxylic acids is 1. The molecule has 8 heteroatoms. The molecule has 0 unspecified atom stereocenters. The van der Waals surface area contributed by atoms with Crippen molar-refractivity contribution in [1.29, 1.82) is 0 Å². The van der Waals surface area contributed by atoms with E-state index in [1.165, 1.54) is 6.20 Å². The lowest BCUT2D eigenvalue weighted by Gasteiger charge is -2.19. The van der Waals surface area contributed by atoms with Gasteiger partial charge in [-0.15, -0.1) is 0 Å². The maximum Gasteiger partial charge on any atom is 0.408 e. The van der Waals surface area contributed by atoms with Gasteiger partial charge >= 0.3 is 6.18 Å². The predicted molar refractivity (Wildman–Crippen MR) is 56.9 cm³/mol. The number of alkyl halides is 3. The first-order valence-electron chi connectivity index (χ1n) is 5.52. The first-order valence-corrected chi connectivity index (χ1v) is 5.52. The molecule has 1 aliphatic rings. The highest BCUT2D eigenvalue weighted by molar-refractivity contribution is 5.95. The lowest BCUT2D eigenvalue weighted by Crippen LogP contribution is -2.43. The van der Waals surface area contributed by atoms with Crippen LogP contribution in [-0.4, -0.2) is 34.5 Å². The molecule has 0 radical (unpaired) electrons. The van der Waals surface area contributed by atoms with Gasteiger partial charge in [-0.3, -0.25) is 9.48 Å². The average Bonchev–Trinajstić information content (AvgIpc) is 2.71. The maximum absolute atomic E-state index is 12.3. The third-order valence-corrected chi connectivity index (χ3v) is 2.82. The number of amides is 1. The maximum atomic E-state index is 12.3. The second-order valence-electron chi connectivity index (χ2n) is 4.14. The quantitative estimate of drug-likeness (QED) is 0.823. The lowest BCUT2D eigenvalue weighted by atomic mass is 10.2. The van der Waals surface area contributed by atoms with E-state index in [4.69, 9.17) is 0 Å². The molecule has 0 saturated heterocycles. The van der Waals surface area contributed by atoms with E-state index in [1.54, 1.807) is 4.68 Å². The first kappa shape index (κ1) is 12.9. The second kappa shape index (κ2) is 4.60. The molecule has 1 amide bonds. The lowest BCUT2D eigenvalue weighted by molar-refractivity contribution is -0.149. The minimum absolute atomic E-state index is 0.193. The summed E-state index contributed by atoms with van der Waals surface area (Å²) in [6.45, 7) is 2.68. The largest absolute Gasteiger partial charge is 0.408 e. The standard InChI is InChI=1S/C10H13F3N4O/c1-6(10(11,12)13)16-9(18)7-4-15-17-3-2-14-5-8(7)17/h4,6,14H,2-3,5H2,1H3,(H,16,18)/t6-/m1/s1. The van der Waals surface area contributed by atoms with Crippen LogP contribution in [0.25, 0.3) is 0 Å². The highest BCUT2D eigenvalue weighted by Gasteiger charge is 2.37.